The molecule has 3 aromatic rings. The van der Waals surface area contributed by atoms with Crippen LogP contribution < -0.4 is 19.6 Å². The van der Waals surface area contributed by atoms with Crippen molar-refractivity contribution in [3.63, 3.8) is 0 Å². The summed E-state index contributed by atoms with van der Waals surface area (Å²) in [6.07, 6.45) is 2.84. The molecule has 0 bridgehead atoms. The lowest BCUT2D eigenvalue weighted by Crippen LogP contribution is -2.05. The molecule has 0 unspecified atom stereocenters. The van der Waals surface area contributed by atoms with Crippen LogP contribution >= 0.6 is 11.3 Å². The van der Waals surface area contributed by atoms with E-state index in [1.54, 1.807) is 39.3 Å². The fourth-order valence-electron chi connectivity index (χ4n) is 3.20. The number of carbonyl (C=O) groups excluding carboxylic acids is 1. The Bertz CT molecular complexity index is 1090. The molecule has 0 saturated carbocycles. The minimum Gasteiger partial charge on any atom is -0.497 e. The van der Waals surface area contributed by atoms with E-state index in [-0.39, 0.29) is 11.4 Å². The fourth-order valence-corrected chi connectivity index (χ4v) is 4.31. The summed E-state index contributed by atoms with van der Waals surface area (Å²) in [6.45, 7) is 2.69. The topological polar surface area (TPSA) is 71.1 Å². The van der Waals surface area contributed by atoms with E-state index in [0.29, 0.717) is 47.7 Å². The Hall–Kier alpha value is -2.80. The first-order chi connectivity index (χ1) is 14.6. The highest BCUT2D eigenvalue weighted by Crippen LogP contribution is 2.36. The summed E-state index contributed by atoms with van der Waals surface area (Å²) in [4.78, 5) is 24.4. The summed E-state index contributed by atoms with van der Waals surface area (Å²) >= 11 is 1.52. The Morgan fingerprint density at radius 2 is 1.73 bits per heavy atom. The van der Waals surface area contributed by atoms with Gasteiger partial charge in [-0.1, -0.05) is 0 Å². The van der Waals surface area contributed by atoms with E-state index in [0.717, 1.165) is 28.7 Å². The minimum absolute atomic E-state index is 0.0386. The Labute approximate surface area is 179 Å². The second-order valence-corrected chi connectivity index (χ2v) is 7.84. The molecule has 0 aliphatic heterocycles. The number of hydrogen-bond donors (Lipinski definition) is 0. The van der Waals surface area contributed by atoms with Gasteiger partial charge in [0.05, 0.1) is 27.4 Å². The van der Waals surface area contributed by atoms with Crippen LogP contribution in [0, 0.1) is 0 Å². The van der Waals surface area contributed by atoms with Gasteiger partial charge >= 0.3 is 5.97 Å². The third-order valence-corrected chi connectivity index (χ3v) is 5.87. The lowest BCUT2D eigenvalue weighted by Gasteiger charge is -2.12. The maximum Gasteiger partial charge on any atom is 0.305 e. The van der Waals surface area contributed by atoms with E-state index in [9.17, 15) is 9.59 Å². The molecule has 2 aromatic carbocycles. The standard InChI is InChI=1S/C23H26O6S/c1-4-28-22(24)8-6-5-7-11-29-19-13-17-21(14-18(19)27-3)30-20-12-15(26-2)9-10-16(20)23(17)25/h9-10,12-14H,4-8,11H2,1-3H3. The molecule has 0 aliphatic rings. The normalized spacial score (nSPS) is 10.9. The van der Waals surface area contributed by atoms with Gasteiger partial charge in [0.1, 0.15) is 5.75 Å². The lowest BCUT2D eigenvalue weighted by molar-refractivity contribution is -0.143. The van der Waals surface area contributed by atoms with Gasteiger partial charge in [-0.3, -0.25) is 9.59 Å². The molecule has 0 saturated heterocycles. The van der Waals surface area contributed by atoms with Crippen molar-refractivity contribution in [1.82, 2.24) is 0 Å². The molecule has 0 N–H and O–H groups in total. The zero-order valence-electron chi connectivity index (χ0n) is 17.5. The van der Waals surface area contributed by atoms with Crippen molar-refractivity contribution in [3.05, 3.63) is 40.6 Å². The highest BCUT2D eigenvalue weighted by molar-refractivity contribution is 7.24. The van der Waals surface area contributed by atoms with Gasteiger partial charge in [0.25, 0.3) is 0 Å². The highest BCUT2D eigenvalue weighted by atomic mass is 32.1. The molecule has 0 amide bonds. The first-order valence-electron chi connectivity index (χ1n) is 9.98. The van der Waals surface area contributed by atoms with Crippen LogP contribution in [0.5, 0.6) is 17.2 Å². The number of carbonyl (C=O) groups is 1. The van der Waals surface area contributed by atoms with Gasteiger partial charge in [-0.15, -0.1) is 11.3 Å². The molecule has 0 radical (unpaired) electrons. The molecule has 160 valence electrons. The van der Waals surface area contributed by atoms with Crippen molar-refractivity contribution in [2.45, 2.75) is 32.6 Å². The molecule has 7 heteroatoms. The number of benzene rings is 2. The summed E-state index contributed by atoms with van der Waals surface area (Å²) in [5, 5.41) is 1.26. The number of unbranched alkanes of at least 4 members (excludes halogenated alkanes) is 2. The number of ether oxygens (including phenoxy) is 4. The van der Waals surface area contributed by atoms with Crippen LogP contribution in [0.25, 0.3) is 20.2 Å². The Morgan fingerprint density at radius 3 is 2.47 bits per heavy atom. The minimum atomic E-state index is -0.163. The van der Waals surface area contributed by atoms with Gasteiger partial charge in [-0.05, 0) is 50.5 Å². The second-order valence-electron chi connectivity index (χ2n) is 6.76. The predicted molar refractivity (Wildman–Crippen MR) is 119 cm³/mol. The summed E-state index contributed by atoms with van der Waals surface area (Å²) in [7, 11) is 3.19. The average molecular weight is 431 g/mol. The monoisotopic (exact) mass is 430 g/mol. The lowest BCUT2D eigenvalue weighted by atomic mass is 10.1. The zero-order valence-corrected chi connectivity index (χ0v) is 18.3. The fraction of sp³-hybridized carbons (Fsp3) is 0.391. The van der Waals surface area contributed by atoms with Crippen LogP contribution in [0.2, 0.25) is 0 Å². The molecule has 30 heavy (non-hydrogen) atoms. The van der Waals surface area contributed by atoms with Crippen LogP contribution in [0.4, 0.5) is 0 Å². The second kappa shape index (κ2) is 10.3. The molecular weight excluding hydrogens is 404 g/mol. The van der Waals surface area contributed by atoms with Crippen molar-refractivity contribution in [1.29, 1.82) is 0 Å². The quantitative estimate of drug-likeness (QED) is 0.258. The Kier molecular flexibility index (Phi) is 7.52. The van der Waals surface area contributed by atoms with Crippen LogP contribution in [-0.2, 0) is 9.53 Å². The molecule has 0 fully saturated rings. The summed E-state index contributed by atoms with van der Waals surface area (Å²) in [6, 6.07) is 9.06. The first-order valence-corrected chi connectivity index (χ1v) is 10.8. The van der Waals surface area contributed by atoms with E-state index in [2.05, 4.69) is 0 Å². The third kappa shape index (κ3) is 5.02. The SMILES string of the molecule is CCOC(=O)CCCCCOc1cc2c(=O)c3ccc(OC)cc3sc2cc1OC. The highest BCUT2D eigenvalue weighted by Gasteiger charge is 2.13. The molecule has 0 spiro atoms. The largest absolute Gasteiger partial charge is 0.497 e. The van der Waals surface area contributed by atoms with E-state index in [1.807, 2.05) is 12.1 Å². The van der Waals surface area contributed by atoms with Gasteiger partial charge in [-0.25, -0.2) is 0 Å². The smallest absolute Gasteiger partial charge is 0.305 e. The van der Waals surface area contributed by atoms with Crippen LogP contribution in [0.1, 0.15) is 32.6 Å². The zero-order chi connectivity index (χ0) is 21.5. The van der Waals surface area contributed by atoms with Gasteiger partial charge in [0, 0.05) is 32.7 Å². The predicted octanol–water partition coefficient (Wildman–Crippen LogP) is 4.93. The Morgan fingerprint density at radius 1 is 0.933 bits per heavy atom. The molecule has 1 aromatic heterocycles. The molecule has 6 nitrogen and oxygen atoms in total. The average Bonchev–Trinajstić information content (AvgIpc) is 2.75. The van der Waals surface area contributed by atoms with E-state index in [1.165, 1.54) is 11.3 Å². The van der Waals surface area contributed by atoms with Crippen molar-refractivity contribution in [2.75, 3.05) is 27.4 Å². The molecular formula is C23H26O6S. The van der Waals surface area contributed by atoms with E-state index < -0.39 is 0 Å². The van der Waals surface area contributed by atoms with Crippen LogP contribution in [-0.4, -0.2) is 33.4 Å². The Balaban J connectivity index is 1.75. The number of hydrogen-bond acceptors (Lipinski definition) is 7. The van der Waals surface area contributed by atoms with Gasteiger partial charge in [0.15, 0.2) is 16.9 Å². The van der Waals surface area contributed by atoms with Gasteiger partial charge < -0.3 is 18.9 Å². The van der Waals surface area contributed by atoms with Gasteiger partial charge in [-0.2, -0.15) is 0 Å². The maximum absolute atomic E-state index is 13.0. The molecule has 0 atom stereocenters. The van der Waals surface area contributed by atoms with Crippen molar-refractivity contribution in [2.24, 2.45) is 0 Å². The molecule has 0 aliphatic carbocycles. The summed E-state index contributed by atoms with van der Waals surface area (Å²) < 4.78 is 23.3. The molecule has 3 rings (SSSR count). The molecule has 1 heterocycles. The van der Waals surface area contributed by atoms with Crippen molar-refractivity contribution in [3.8, 4) is 17.2 Å². The summed E-state index contributed by atoms with van der Waals surface area (Å²) in [5.41, 5.74) is -0.0386. The van der Waals surface area contributed by atoms with Crippen LogP contribution in [0.15, 0.2) is 35.1 Å². The number of methoxy groups -OCH3 is 2. The van der Waals surface area contributed by atoms with Crippen molar-refractivity contribution < 1.29 is 23.7 Å². The number of fused-ring (bicyclic) bond motifs is 2. The first kappa shape index (κ1) is 21.9. The van der Waals surface area contributed by atoms with Gasteiger partial charge in [0.2, 0.25) is 0 Å². The number of esters is 1. The third-order valence-electron chi connectivity index (χ3n) is 4.75. The van der Waals surface area contributed by atoms with E-state index >= 15 is 0 Å². The van der Waals surface area contributed by atoms with E-state index in [4.69, 9.17) is 18.9 Å². The maximum atomic E-state index is 13.0. The van der Waals surface area contributed by atoms with Crippen LogP contribution in [0.3, 0.4) is 0 Å². The summed E-state index contributed by atoms with van der Waals surface area (Å²) in [5.74, 6) is 1.69. The van der Waals surface area contributed by atoms with Crippen molar-refractivity contribution >= 4 is 37.5 Å². The number of rotatable bonds is 10.